The lowest BCUT2D eigenvalue weighted by atomic mass is 10.0. The quantitative estimate of drug-likeness (QED) is 0.445. The molecule has 2 unspecified atom stereocenters. The topological polar surface area (TPSA) is 17.1 Å². The van der Waals surface area contributed by atoms with E-state index < -0.39 is 0 Å². The molecule has 1 nitrogen and oxygen atoms in total. The summed E-state index contributed by atoms with van der Waals surface area (Å²) < 4.78 is 10.7. The van der Waals surface area contributed by atoms with Gasteiger partial charge in [-0.3, -0.25) is 0 Å². The normalized spacial score (nSPS) is 14.2. The predicted molar refractivity (Wildman–Crippen MR) is 51.8 cm³/mol. The molecule has 0 rings (SSSR count). The smallest absolute Gasteiger partial charge is 0.0771 e. The third-order valence-electron chi connectivity index (χ3n) is 2.07. The van der Waals surface area contributed by atoms with Crippen molar-refractivity contribution in [3.63, 3.8) is 0 Å². The van der Waals surface area contributed by atoms with E-state index >= 15 is 0 Å². The van der Waals surface area contributed by atoms with Crippen molar-refractivity contribution in [1.82, 2.24) is 0 Å². The van der Waals surface area contributed by atoms with Crippen LogP contribution in [0.4, 0.5) is 0 Å². The third kappa shape index (κ3) is 5.38. The van der Waals surface area contributed by atoms with Crippen molar-refractivity contribution in [2.75, 3.05) is 0 Å². The lowest BCUT2D eigenvalue weighted by Crippen LogP contribution is -2.07. The van der Waals surface area contributed by atoms with Crippen LogP contribution in [0.1, 0.15) is 46.5 Å². The molecule has 0 aliphatic heterocycles. The van der Waals surface area contributed by atoms with E-state index in [1.165, 1.54) is 19.3 Å². The lowest BCUT2D eigenvalue weighted by Gasteiger charge is -2.06. The molecule has 66 valence electrons. The molecule has 0 saturated heterocycles. The largest absolute Gasteiger partial charge is 0.328 e. The van der Waals surface area contributed by atoms with Gasteiger partial charge in [-0.1, -0.05) is 38.2 Å². The maximum atomic E-state index is 10.7. The highest BCUT2D eigenvalue weighted by Crippen LogP contribution is 2.22. The summed E-state index contributed by atoms with van der Waals surface area (Å²) in [6.45, 7) is 6.51. The van der Waals surface area contributed by atoms with Gasteiger partial charge in [-0.25, -0.2) is 0 Å². The first-order valence-electron chi connectivity index (χ1n) is 4.60. The lowest BCUT2D eigenvalue weighted by molar-refractivity contribution is 0.513. The minimum atomic E-state index is -0.110. The number of unbranched alkanes of at least 4 members (excludes halogenated alkanes) is 2. The van der Waals surface area contributed by atoms with E-state index in [0.717, 1.165) is 6.42 Å². The van der Waals surface area contributed by atoms with E-state index in [1.807, 2.05) is 0 Å². The van der Waals surface area contributed by atoms with Gasteiger partial charge in [0.25, 0.3) is 0 Å². The monoisotopic (exact) mass is 175 g/mol. The van der Waals surface area contributed by atoms with Gasteiger partial charge < -0.3 is 0 Å². The van der Waals surface area contributed by atoms with Crippen molar-refractivity contribution in [3.8, 4) is 0 Å². The summed E-state index contributed by atoms with van der Waals surface area (Å²) in [5.74, 6) is 0.586. The fraction of sp³-hybridized carbons (Fsp3) is 1.00. The standard InChI is InChI=1S/C9H19OP/c1-4-5-6-7-9(11-10)8(2)3/h8-9H,4-7H2,1-3H3/p+1. The Labute approximate surface area is 71.8 Å². The second kappa shape index (κ2) is 6.79. The highest BCUT2D eigenvalue weighted by molar-refractivity contribution is 7.24. The van der Waals surface area contributed by atoms with Crippen molar-refractivity contribution >= 4 is 8.46 Å². The molecule has 0 aromatic carbocycles. The highest BCUT2D eigenvalue weighted by Gasteiger charge is 2.19. The average molecular weight is 175 g/mol. The Balaban J connectivity index is 3.44. The van der Waals surface area contributed by atoms with Gasteiger partial charge in [0.05, 0.1) is 0 Å². The molecule has 2 heteroatoms. The first-order valence-corrected chi connectivity index (χ1v) is 5.58. The van der Waals surface area contributed by atoms with Crippen molar-refractivity contribution in [3.05, 3.63) is 0 Å². The summed E-state index contributed by atoms with van der Waals surface area (Å²) >= 11 is 0. The van der Waals surface area contributed by atoms with Crippen LogP contribution in [0.25, 0.3) is 0 Å². The van der Waals surface area contributed by atoms with Crippen LogP contribution in [-0.4, -0.2) is 5.66 Å². The SMILES string of the molecule is CCCCCC([PH+]=O)C(C)C. The number of rotatable bonds is 6. The summed E-state index contributed by atoms with van der Waals surface area (Å²) in [6.07, 6.45) is 4.93. The van der Waals surface area contributed by atoms with Crippen LogP contribution in [0, 0.1) is 5.92 Å². The molecule has 0 heterocycles. The Morgan fingerprint density at radius 3 is 2.27 bits per heavy atom. The molecule has 0 aliphatic rings. The molecule has 0 saturated carbocycles. The van der Waals surface area contributed by atoms with Crippen LogP contribution in [0.3, 0.4) is 0 Å². The zero-order valence-corrected chi connectivity index (χ0v) is 8.89. The average Bonchev–Trinajstić information content (AvgIpc) is 1.97. The molecule has 11 heavy (non-hydrogen) atoms. The molecule has 0 fully saturated rings. The third-order valence-corrected chi connectivity index (χ3v) is 3.33. The summed E-state index contributed by atoms with van der Waals surface area (Å²) in [5, 5.41) is 0. The highest BCUT2D eigenvalue weighted by atomic mass is 31.1. The Morgan fingerprint density at radius 1 is 1.27 bits per heavy atom. The maximum absolute atomic E-state index is 10.7. The van der Waals surface area contributed by atoms with Crippen LogP contribution in [0.2, 0.25) is 0 Å². The molecule has 2 atom stereocenters. The minimum absolute atomic E-state index is 0.110. The maximum Gasteiger partial charge on any atom is 0.328 e. The van der Waals surface area contributed by atoms with Gasteiger partial charge in [-0.2, -0.15) is 0 Å². The van der Waals surface area contributed by atoms with E-state index in [0.29, 0.717) is 11.6 Å². The molecule has 0 aliphatic carbocycles. The molecule has 0 aromatic heterocycles. The van der Waals surface area contributed by atoms with Crippen molar-refractivity contribution < 1.29 is 4.57 Å². The zero-order chi connectivity index (χ0) is 8.69. The second-order valence-corrected chi connectivity index (χ2v) is 4.44. The van der Waals surface area contributed by atoms with Crippen LogP contribution in [0.15, 0.2) is 0 Å². The van der Waals surface area contributed by atoms with Gasteiger partial charge in [0.1, 0.15) is 0 Å². The predicted octanol–water partition coefficient (Wildman–Crippen LogP) is 3.62. The van der Waals surface area contributed by atoms with Gasteiger partial charge in [-0.15, -0.1) is 0 Å². The molecule has 0 N–H and O–H groups in total. The Hall–Kier alpha value is 0.100. The van der Waals surface area contributed by atoms with Crippen molar-refractivity contribution in [2.45, 2.75) is 52.1 Å². The number of hydrogen-bond acceptors (Lipinski definition) is 1. The van der Waals surface area contributed by atoms with Crippen LogP contribution in [-0.2, 0) is 4.57 Å². The van der Waals surface area contributed by atoms with E-state index in [2.05, 4.69) is 20.8 Å². The van der Waals surface area contributed by atoms with E-state index in [9.17, 15) is 4.57 Å². The number of hydrogen-bond donors (Lipinski definition) is 0. The molecule has 0 spiro atoms. The molecular formula is C9H20OP+. The molecular weight excluding hydrogens is 155 g/mol. The molecule has 0 radical (unpaired) electrons. The molecule has 0 aromatic rings. The van der Waals surface area contributed by atoms with Gasteiger partial charge in [0, 0.05) is 0 Å². The van der Waals surface area contributed by atoms with Crippen LogP contribution in [0.5, 0.6) is 0 Å². The van der Waals surface area contributed by atoms with Crippen molar-refractivity contribution in [2.24, 2.45) is 5.92 Å². The first kappa shape index (κ1) is 11.1. The van der Waals surface area contributed by atoms with Gasteiger partial charge in [0.15, 0.2) is 5.66 Å². The van der Waals surface area contributed by atoms with E-state index in [1.54, 1.807) is 0 Å². The Bertz CT molecular complexity index is 102. The second-order valence-electron chi connectivity index (χ2n) is 3.46. The summed E-state index contributed by atoms with van der Waals surface area (Å²) in [4.78, 5) is 0. The van der Waals surface area contributed by atoms with Crippen molar-refractivity contribution in [1.29, 1.82) is 0 Å². The summed E-state index contributed by atoms with van der Waals surface area (Å²) in [6, 6.07) is 0. The van der Waals surface area contributed by atoms with Gasteiger partial charge >= 0.3 is 8.46 Å². The molecule has 0 amide bonds. The Morgan fingerprint density at radius 2 is 1.91 bits per heavy atom. The molecule has 0 bridgehead atoms. The first-order chi connectivity index (χ1) is 5.22. The summed E-state index contributed by atoms with van der Waals surface area (Å²) in [7, 11) is -0.110. The minimum Gasteiger partial charge on any atom is -0.0771 e. The zero-order valence-electron chi connectivity index (χ0n) is 7.89. The van der Waals surface area contributed by atoms with E-state index in [4.69, 9.17) is 0 Å². The van der Waals surface area contributed by atoms with Gasteiger partial charge in [0.2, 0.25) is 0 Å². The summed E-state index contributed by atoms with van der Waals surface area (Å²) in [5.41, 5.74) is 0.446. The van der Waals surface area contributed by atoms with Crippen LogP contribution < -0.4 is 0 Å². The van der Waals surface area contributed by atoms with E-state index in [-0.39, 0.29) is 8.46 Å². The fourth-order valence-electron chi connectivity index (χ4n) is 1.14. The fourth-order valence-corrected chi connectivity index (χ4v) is 1.74. The Kier molecular flexibility index (Phi) is 6.85. The van der Waals surface area contributed by atoms with Gasteiger partial charge in [-0.05, 0) is 18.8 Å². The van der Waals surface area contributed by atoms with Crippen LogP contribution >= 0.6 is 8.46 Å².